The zero-order valence-corrected chi connectivity index (χ0v) is 12.7. The molecule has 0 saturated heterocycles. The Kier molecular flexibility index (Phi) is 4.67. The maximum atomic E-state index is 12.0. The van der Waals surface area contributed by atoms with Crippen LogP contribution in [-0.2, 0) is 10.1 Å². The van der Waals surface area contributed by atoms with E-state index in [2.05, 4.69) is 5.32 Å². The molecular weight excluding hydrogens is 330 g/mol. The summed E-state index contributed by atoms with van der Waals surface area (Å²) in [4.78, 5) is 11.7. The summed E-state index contributed by atoms with van der Waals surface area (Å²) >= 11 is 5.75. The molecule has 22 heavy (non-hydrogen) atoms. The summed E-state index contributed by atoms with van der Waals surface area (Å²) in [7, 11) is -4.27. The number of hydrogen-bond acceptors (Lipinski definition) is 4. The van der Waals surface area contributed by atoms with Crippen LogP contribution in [0.5, 0.6) is 0 Å². The molecule has 0 spiro atoms. The van der Waals surface area contributed by atoms with Crippen molar-refractivity contribution in [1.29, 1.82) is 0 Å². The van der Waals surface area contributed by atoms with Gasteiger partial charge in [0.25, 0.3) is 10.1 Å². The molecular formula is C13H12ClN3O4S. The summed E-state index contributed by atoms with van der Waals surface area (Å²) in [6, 6.07) is 10.7. The molecule has 0 unspecified atom stereocenters. The fourth-order valence-corrected chi connectivity index (χ4v) is 2.22. The molecule has 2 aromatic carbocycles. The number of carbonyl (C=O) groups excluding carboxylic acids is 1. The first-order valence-corrected chi connectivity index (χ1v) is 7.78. The Bertz CT molecular complexity index is 776. The lowest BCUT2D eigenvalue weighted by molar-refractivity contribution is 0.257. The van der Waals surface area contributed by atoms with Gasteiger partial charge in [-0.25, -0.2) is 15.6 Å². The number of nitrogens with one attached hydrogen (secondary N) is 1. The van der Waals surface area contributed by atoms with Crippen molar-refractivity contribution in [3.63, 3.8) is 0 Å². The zero-order valence-electron chi connectivity index (χ0n) is 11.1. The third-order valence-corrected chi connectivity index (χ3v) is 3.85. The predicted octanol–water partition coefficient (Wildman–Crippen LogP) is 2.50. The van der Waals surface area contributed by atoms with Crippen molar-refractivity contribution >= 4 is 39.1 Å². The van der Waals surface area contributed by atoms with Gasteiger partial charge in [0.05, 0.1) is 10.6 Å². The van der Waals surface area contributed by atoms with Crippen LogP contribution in [0, 0.1) is 0 Å². The second-order valence-electron chi connectivity index (χ2n) is 4.28. The molecule has 116 valence electrons. The maximum Gasteiger partial charge on any atom is 0.340 e. The second kappa shape index (κ2) is 6.32. The first-order chi connectivity index (χ1) is 10.3. The van der Waals surface area contributed by atoms with Gasteiger partial charge in [-0.1, -0.05) is 11.6 Å². The summed E-state index contributed by atoms with van der Waals surface area (Å²) in [5, 5.41) is 3.88. The van der Waals surface area contributed by atoms with Gasteiger partial charge in [0.1, 0.15) is 0 Å². The molecule has 0 bridgehead atoms. The molecule has 0 aliphatic heterocycles. The molecule has 0 fully saturated rings. The minimum absolute atomic E-state index is 0.271. The highest BCUT2D eigenvalue weighted by Crippen LogP contribution is 2.18. The molecule has 0 aliphatic carbocycles. The van der Waals surface area contributed by atoms with E-state index < -0.39 is 16.1 Å². The molecule has 4 N–H and O–H groups in total. The lowest BCUT2D eigenvalue weighted by Crippen LogP contribution is -2.40. The number of hydrazine groups is 1. The summed E-state index contributed by atoms with van der Waals surface area (Å²) in [5.41, 5.74) is 0.748. The smallest absolute Gasteiger partial charge is 0.306 e. The number of benzene rings is 2. The van der Waals surface area contributed by atoms with Crippen LogP contribution in [0.3, 0.4) is 0 Å². The number of rotatable bonds is 3. The number of carbonyl (C=O) groups is 1. The number of hydrogen-bond donors (Lipinski definition) is 3. The average Bonchev–Trinajstić information content (AvgIpc) is 2.47. The lowest BCUT2D eigenvalue weighted by Gasteiger charge is -2.17. The third kappa shape index (κ3) is 3.95. The average molecular weight is 342 g/mol. The van der Waals surface area contributed by atoms with Crippen LogP contribution in [0.25, 0.3) is 0 Å². The largest absolute Gasteiger partial charge is 0.340 e. The number of anilines is 2. The van der Waals surface area contributed by atoms with Crippen molar-refractivity contribution in [1.82, 2.24) is 0 Å². The quantitative estimate of drug-likeness (QED) is 0.343. The minimum atomic E-state index is -4.27. The van der Waals surface area contributed by atoms with E-state index in [1.165, 1.54) is 12.1 Å². The Morgan fingerprint density at radius 1 is 1.09 bits per heavy atom. The summed E-state index contributed by atoms with van der Waals surface area (Å²) in [6.45, 7) is 0. The van der Waals surface area contributed by atoms with E-state index >= 15 is 0 Å². The van der Waals surface area contributed by atoms with Crippen LogP contribution < -0.4 is 16.2 Å². The van der Waals surface area contributed by atoms with Crippen molar-refractivity contribution in [2.45, 2.75) is 4.90 Å². The zero-order chi connectivity index (χ0) is 16.3. The number of nitrogens with zero attached hydrogens (tertiary/aromatic N) is 1. The molecule has 0 saturated carbocycles. The van der Waals surface area contributed by atoms with Crippen molar-refractivity contribution in [3.8, 4) is 0 Å². The van der Waals surface area contributed by atoms with Crippen molar-refractivity contribution < 1.29 is 17.8 Å². The summed E-state index contributed by atoms with van der Waals surface area (Å²) in [5.74, 6) is 5.68. The van der Waals surface area contributed by atoms with E-state index in [0.717, 1.165) is 17.1 Å². The number of urea groups is 1. The Balaban J connectivity index is 2.10. The molecule has 7 nitrogen and oxygen atoms in total. The third-order valence-electron chi connectivity index (χ3n) is 2.73. The summed E-state index contributed by atoms with van der Waals surface area (Å²) in [6.07, 6.45) is 0. The van der Waals surface area contributed by atoms with Crippen LogP contribution in [0.1, 0.15) is 0 Å². The van der Waals surface area contributed by atoms with Crippen LogP contribution in [-0.4, -0.2) is 19.0 Å². The SMILES string of the molecule is NN(C(=O)Nc1ccc(S(=O)(=O)O)cc1)c1ccc(Cl)cc1. The fraction of sp³-hybridized carbons (Fsp3) is 0. The Morgan fingerprint density at radius 2 is 1.64 bits per heavy atom. The predicted molar refractivity (Wildman–Crippen MR) is 83.4 cm³/mol. The van der Waals surface area contributed by atoms with Gasteiger partial charge >= 0.3 is 6.03 Å². The van der Waals surface area contributed by atoms with Crippen molar-refractivity contribution in [2.24, 2.45) is 5.84 Å². The molecule has 0 aromatic heterocycles. The van der Waals surface area contributed by atoms with E-state index in [4.69, 9.17) is 22.0 Å². The van der Waals surface area contributed by atoms with Gasteiger partial charge in [-0.05, 0) is 48.5 Å². The Hall–Kier alpha value is -2.13. The van der Waals surface area contributed by atoms with Gasteiger partial charge in [0, 0.05) is 10.7 Å². The van der Waals surface area contributed by atoms with Gasteiger partial charge in [0.15, 0.2) is 0 Å². The van der Waals surface area contributed by atoms with Crippen LogP contribution in [0.15, 0.2) is 53.4 Å². The number of amides is 2. The standard InChI is InChI=1S/C13H12ClN3O4S/c14-9-1-5-11(6-2-9)17(15)13(18)16-10-3-7-12(8-4-10)22(19,20)21/h1-8H,15H2,(H,16,18)(H,19,20,21). The molecule has 9 heteroatoms. The van der Waals surface area contributed by atoms with Gasteiger partial charge in [-0.3, -0.25) is 4.55 Å². The lowest BCUT2D eigenvalue weighted by atomic mass is 10.3. The Labute approximate surface area is 132 Å². The van der Waals surface area contributed by atoms with Gasteiger partial charge in [0.2, 0.25) is 0 Å². The topological polar surface area (TPSA) is 113 Å². The molecule has 2 aromatic rings. The second-order valence-corrected chi connectivity index (χ2v) is 6.13. The van der Waals surface area contributed by atoms with Crippen molar-refractivity contribution in [2.75, 3.05) is 10.3 Å². The molecule has 0 aliphatic rings. The minimum Gasteiger partial charge on any atom is -0.306 e. The highest BCUT2D eigenvalue weighted by atomic mass is 35.5. The highest BCUT2D eigenvalue weighted by Gasteiger charge is 2.13. The van der Waals surface area contributed by atoms with E-state index in [1.54, 1.807) is 24.3 Å². The fourth-order valence-electron chi connectivity index (χ4n) is 1.61. The number of nitrogens with two attached hydrogens (primary N) is 1. The Morgan fingerprint density at radius 3 is 2.14 bits per heavy atom. The number of halogens is 1. The van der Waals surface area contributed by atoms with Gasteiger partial charge < -0.3 is 5.32 Å². The first-order valence-electron chi connectivity index (χ1n) is 5.96. The molecule has 0 atom stereocenters. The molecule has 2 rings (SSSR count). The maximum absolute atomic E-state index is 12.0. The highest BCUT2D eigenvalue weighted by molar-refractivity contribution is 7.85. The van der Waals surface area contributed by atoms with E-state index in [-0.39, 0.29) is 4.90 Å². The molecule has 0 heterocycles. The first kappa shape index (κ1) is 16.2. The van der Waals surface area contributed by atoms with Gasteiger partial charge in [-0.2, -0.15) is 8.42 Å². The van der Waals surface area contributed by atoms with E-state index in [9.17, 15) is 13.2 Å². The van der Waals surface area contributed by atoms with Gasteiger partial charge in [-0.15, -0.1) is 0 Å². The van der Waals surface area contributed by atoms with Crippen LogP contribution >= 0.6 is 11.6 Å². The summed E-state index contributed by atoms with van der Waals surface area (Å²) < 4.78 is 30.7. The molecule has 2 amide bonds. The monoisotopic (exact) mass is 341 g/mol. The van der Waals surface area contributed by atoms with Crippen LogP contribution in [0.4, 0.5) is 16.2 Å². The van der Waals surface area contributed by atoms with E-state index in [1.807, 2.05) is 0 Å². The van der Waals surface area contributed by atoms with Crippen molar-refractivity contribution in [3.05, 3.63) is 53.6 Å². The molecule has 0 radical (unpaired) electrons. The normalized spacial score (nSPS) is 11.0. The van der Waals surface area contributed by atoms with E-state index in [0.29, 0.717) is 16.4 Å². The van der Waals surface area contributed by atoms with Crippen LogP contribution in [0.2, 0.25) is 5.02 Å².